The number of rotatable bonds is 13. The van der Waals surface area contributed by atoms with E-state index < -0.39 is 0 Å². The number of anilines is 1. The number of nitrogens with two attached hydrogens (primary N) is 1. The first kappa shape index (κ1) is 45.3. The summed E-state index contributed by atoms with van der Waals surface area (Å²) in [5.41, 5.74) is 13.0. The molecule has 284 valence electrons. The summed E-state index contributed by atoms with van der Waals surface area (Å²) in [7, 11) is 1.68. The lowest BCUT2D eigenvalue weighted by Gasteiger charge is -2.27. The molecule has 1 amide bonds. The molecule has 0 spiro atoms. The number of ether oxygens (including phenoxy) is 2. The molecule has 51 heavy (non-hydrogen) atoms. The molecule has 1 heterocycles. The first-order chi connectivity index (χ1) is 24.5. The summed E-state index contributed by atoms with van der Waals surface area (Å²) in [5.74, 6) is 2.93. The predicted molar refractivity (Wildman–Crippen MR) is 221 cm³/mol. The second kappa shape index (κ2) is 25.2. The summed E-state index contributed by atoms with van der Waals surface area (Å²) in [4.78, 5) is 18.2. The van der Waals surface area contributed by atoms with Crippen LogP contribution in [0.15, 0.2) is 60.7 Å². The van der Waals surface area contributed by atoms with Crippen molar-refractivity contribution in [2.24, 2.45) is 5.92 Å². The zero-order valence-electron chi connectivity index (χ0n) is 34.3. The first-order valence-corrected chi connectivity index (χ1v) is 19.5. The van der Waals surface area contributed by atoms with E-state index in [4.69, 9.17) is 15.2 Å². The maximum atomic E-state index is 13.8. The molecule has 1 fully saturated rings. The van der Waals surface area contributed by atoms with E-state index in [1.54, 1.807) is 25.3 Å². The molecule has 0 bridgehead atoms. The van der Waals surface area contributed by atoms with Crippen molar-refractivity contribution in [2.45, 2.75) is 121 Å². The SMILES string of the molecule is C/C=C(\C)c1ccc(CN(CCN2CCCC2)C(=O)c2ccc(Oc3ccc(C)c(C)c3)c(N)c2)c(OC)c1.CC.CCC.CCC[C@H](C)CC. The monoisotopic (exact) mass is 702 g/mol. The fourth-order valence-electron chi connectivity index (χ4n) is 5.57. The topological polar surface area (TPSA) is 68.0 Å². The van der Waals surface area contributed by atoms with Crippen LogP contribution in [-0.4, -0.2) is 49.0 Å². The second-order valence-electron chi connectivity index (χ2n) is 13.4. The lowest BCUT2D eigenvalue weighted by molar-refractivity contribution is 0.0726. The Kier molecular flexibility index (Phi) is 22.4. The molecule has 0 saturated carbocycles. The molecule has 1 aliphatic heterocycles. The van der Waals surface area contributed by atoms with Crippen molar-refractivity contribution < 1.29 is 14.3 Å². The maximum absolute atomic E-state index is 13.8. The number of allylic oxidation sites excluding steroid dienone is 2. The number of aryl methyl sites for hydroxylation is 2. The van der Waals surface area contributed by atoms with E-state index in [2.05, 4.69) is 71.6 Å². The van der Waals surface area contributed by atoms with Crippen molar-refractivity contribution in [1.29, 1.82) is 0 Å². The number of carbonyl (C=O) groups excluding carboxylic acids is 1. The number of likely N-dealkylation sites (tertiary alicyclic amines) is 1. The Morgan fingerprint density at radius 1 is 0.922 bits per heavy atom. The van der Waals surface area contributed by atoms with E-state index in [0.29, 0.717) is 30.1 Å². The standard InChI is InChI=1S/C33H41N3O3.C7H16.C3H8.C2H6/c1-6-23(2)26-10-11-28(32(21-26)38-5)22-36(18-17-35-15-7-8-16-35)33(37)27-12-14-31(30(34)20-27)39-29-13-9-24(3)25(4)19-29;1-4-6-7(3)5-2;1-3-2;1-2/h6,9-14,19-21H,7-8,15-18,22,34H2,1-5H3;7H,4-6H2,1-3H3;3H2,1-2H3;1-2H3/b23-6+;;;/t;7-;;/m.1../s1. The van der Waals surface area contributed by atoms with Crippen molar-refractivity contribution >= 4 is 17.2 Å². The largest absolute Gasteiger partial charge is 0.496 e. The van der Waals surface area contributed by atoms with Gasteiger partial charge in [-0.15, -0.1) is 0 Å². The van der Waals surface area contributed by atoms with Crippen molar-refractivity contribution in [3.05, 3.63) is 88.5 Å². The predicted octanol–water partition coefficient (Wildman–Crippen LogP) is 12.1. The Bertz CT molecular complexity index is 1460. The highest BCUT2D eigenvalue weighted by Gasteiger charge is 2.21. The van der Waals surface area contributed by atoms with Crippen LogP contribution >= 0.6 is 0 Å². The molecule has 3 aromatic rings. The highest BCUT2D eigenvalue weighted by molar-refractivity contribution is 5.95. The third-order valence-corrected chi connectivity index (χ3v) is 9.15. The van der Waals surface area contributed by atoms with Gasteiger partial charge in [0.05, 0.1) is 12.8 Å². The van der Waals surface area contributed by atoms with Crippen molar-refractivity contribution in [1.82, 2.24) is 9.80 Å². The molecule has 0 aromatic heterocycles. The van der Waals surface area contributed by atoms with E-state index in [9.17, 15) is 4.79 Å². The molecule has 3 aromatic carbocycles. The Balaban J connectivity index is 0.000000943. The van der Waals surface area contributed by atoms with Gasteiger partial charge in [-0.05, 0) is 118 Å². The van der Waals surface area contributed by atoms with Crippen LogP contribution in [0.2, 0.25) is 0 Å². The number of hydrogen-bond acceptors (Lipinski definition) is 5. The average molecular weight is 702 g/mol. The second-order valence-corrected chi connectivity index (χ2v) is 13.4. The zero-order chi connectivity index (χ0) is 38.3. The van der Waals surface area contributed by atoms with Crippen LogP contribution in [0.5, 0.6) is 17.2 Å². The maximum Gasteiger partial charge on any atom is 0.254 e. The van der Waals surface area contributed by atoms with E-state index in [1.807, 2.05) is 56.9 Å². The molecule has 0 aliphatic carbocycles. The van der Waals surface area contributed by atoms with Crippen LogP contribution in [0.3, 0.4) is 0 Å². The molecule has 0 radical (unpaired) electrons. The number of nitrogen functional groups attached to an aromatic ring is 1. The quantitative estimate of drug-likeness (QED) is 0.180. The molecule has 1 saturated heterocycles. The highest BCUT2D eigenvalue weighted by Crippen LogP contribution is 2.31. The minimum absolute atomic E-state index is 0.0607. The fourth-order valence-corrected chi connectivity index (χ4v) is 5.57. The van der Waals surface area contributed by atoms with Gasteiger partial charge < -0.3 is 25.0 Å². The molecule has 6 heteroatoms. The third kappa shape index (κ3) is 15.6. The first-order valence-electron chi connectivity index (χ1n) is 19.5. The van der Waals surface area contributed by atoms with Crippen LogP contribution in [0.25, 0.3) is 5.57 Å². The Morgan fingerprint density at radius 3 is 2.10 bits per heavy atom. The summed E-state index contributed by atoms with van der Waals surface area (Å²) in [6.45, 7) is 27.4. The Labute approximate surface area is 312 Å². The van der Waals surface area contributed by atoms with Crippen molar-refractivity contribution in [2.75, 3.05) is 39.0 Å². The van der Waals surface area contributed by atoms with Crippen molar-refractivity contribution in [3.63, 3.8) is 0 Å². The summed E-state index contributed by atoms with van der Waals surface area (Å²) >= 11 is 0. The van der Waals surface area contributed by atoms with E-state index in [-0.39, 0.29) is 5.91 Å². The van der Waals surface area contributed by atoms with Gasteiger partial charge in [0.2, 0.25) is 0 Å². The van der Waals surface area contributed by atoms with Crippen LogP contribution in [0, 0.1) is 19.8 Å². The fraction of sp³-hybridized carbons (Fsp3) is 0.533. The van der Waals surface area contributed by atoms with Gasteiger partial charge in [0, 0.05) is 30.8 Å². The molecule has 1 aliphatic rings. The normalized spacial score (nSPS) is 13.1. The number of amides is 1. The number of methoxy groups -OCH3 is 1. The van der Waals surface area contributed by atoms with Crippen LogP contribution in [-0.2, 0) is 6.54 Å². The van der Waals surface area contributed by atoms with Gasteiger partial charge in [0.25, 0.3) is 5.91 Å². The third-order valence-electron chi connectivity index (χ3n) is 9.15. The van der Waals surface area contributed by atoms with Gasteiger partial charge in [-0.1, -0.05) is 98.4 Å². The smallest absolute Gasteiger partial charge is 0.254 e. The van der Waals surface area contributed by atoms with E-state index in [1.165, 1.54) is 49.7 Å². The average Bonchev–Trinajstić information content (AvgIpc) is 3.67. The number of hydrogen-bond donors (Lipinski definition) is 1. The molecule has 4 rings (SSSR count). The minimum atomic E-state index is -0.0607. The van der Waals surface area contributed by atoms with Crippen LogP contribution < -0.4 is 15.2 Å². The van der Waals surface area contributed by atoms with Gasteiger partial charge >= 0.3 is 0 Å². The van der Waals surface area contributed by atoms with Gasteiger partial charge in [-0.25, -0.2) is 0 Å². The number of nitrogens with zero attached hydrogens (tertiary/aromatic N) is 2. The Morgan fingerprint density at radius 2 is 1.57 bits per heavy atom. The van der Waals surface area contributed by atoms with Gasteiger partial charge in [0.1, 0.15) is 17.2 Å². The summed E-state index contributed by atoms with van der Waals surface area (Å²) in [5, 5.41) is 0. The minimum Gasteiger partial charge on any atom is -0.496 e. The van der Waals surface area contributed by atoms with Gasteiger partial charge in [-0.3, -0.25) is 4.79 Å². The summed E-state index contributed by atoms with van der Waals surface area (Å²) in [6.07, 6.45) is 9.84. The summed E-state index contributed by atoms with van der Waals surface area (Å²) < 4.78 is 11.8. The van der Waals surface area contributed by atoms with Gasteiger partial charge in [0.15, 0.2) is 0 Å². The van der Waals surface area contributed by atoms with E-state index >= 15 is 0 Å². The van der Waals surface area contributed by atoms with Crippen LogP contribution in [0.1, 0.15) is 133 Å². The molecule has 6 nitrogen and oxygen atoms in total. The molecule has 0 unspecified atom stereocenters. The molecule has 1 atom stereocenters. The van der Waals surface area contributed by atoms with Crippen LogP contribution in [0.4, 0.5) is 5.69 Å². The number of carbonyl (C=O) groups is 1. The molecule has 2 N–H and O–H groups in total. The Hall–Kier alpha value is -3.77. The lowest BCUT2D eigenvalue weighted by Crippen LogP contribution is -2.37. The number of benzene rings is 3. The molecular weight excluding hydrogens is 631 g/mol. The highest BCUT2D eigenvalue weighted by atomic mass is 16.5. The van der Waals surface area contributed by atoms with Gasteiger partial charge in [-0.2, -0.15) is 0 Å². The zero-order valence-corrected chi connectivity index (χ0v) is 34.3. The molecular formula is C45H71N3O3. The summed E-state index contributed by atoms with van der Waals surface area (Å²) in [6, 6.07) is 17.4. The van der Waals surface area contributed by atoms with Crippen molar-refractivity contribution in [3.8, 4) is 17.2 Å². The van der Waals surface area contributed by atoms with E-state index in [0.717, 1.165) is 53.7 Å². The lowest BCUT2D eigenvalue weighted by atomic mass is 10.0.